The Bertz CT molecular complexity index is 1160. The standard InChI is InChI=1S/C71H138O6/c1-4-7-10-13-16-19-22-24-26-28-29-30-31-32-33-34-35-36-37-38-39-40-41-42-43-45-46-49-52-55-58-61-64-70(73)76-67-68(66-75-69(72)63-60-57-54-51-48-21-18-15-12-9-6-3)77-71(74)65-62-59-56-53-50-47-44-27-25-23-20-17-14-11-8-5-2/h68H,4-67H2,1-3H3. The van der Waals surface area contributed by atoms with Crippen molar-refractivity contribution in [1.29, 1.82) is 0 Å². The first kappa shape index (κ1) is 75.4. The molecule has 0 amide bonds. The maximum absolute atomic E-state index is 12.9. The first-order chi connectivity index (χ1) is 38.0. The lowest BCUT2D eigenvalue weighted by Gasteiger charge is -2.18. The van der Waals surface area contributed by atoms with E-state index in [1.54, 1.807) is 0 Å². The minimum atomic E-state index is -0.762. The van der Waals surface area contributed by atoms with E-state index in [9.17, 15) is 14.4 Å². The topological polar surface area (TPSA) is 78.9 Å². The molecule has 0 saturated carbocycles. The van der Waals surface area contributed by atoms with Gasteiger partial charge in [0.25, 0.3) is 0 Å². The van der Waals surface area contributed by atoms with Crippen molar-refractivity contribution in [2.24, 2.45) is 0 Å². The van der Waals surface area contributed by atoms with E-state index >= 15 is 0 Å². The Balaban J connectivity index is 4.02. The van der Waals surface area contributed by atoms with Crippen molar-refractivity contribution >= 4 is 17.9 Å². The molecule has 1 unspecified atom stereocenters. The third kappa shape index (κ3) is 65.1. The van der Waals surface area contributed by atoms with Crippen LogP contribution in [0.25, 0.3) is 0 Å². The number of carbonyl (C=O) groups is 3. The summed E-state index contributed by atoms with van der Waals surface area (Å²) in [6.07, 6.45) is 78.7. The summed E-state index contributed by atoms with van der Waals surface area (Å²) >= 11 is 0. The molecule has 0 aliphatic rings. The van der Waals surface area contributed by atoms with Crippen molar-refractivity contribution in [3.63, 3.8) is 0 Å². The molecule has 0 aliphatic heterocycles. The molecule has 0 aromatic heterocycles. The highest BCUT2D eigenvalue weighted by Gasteiger charge is 2.19. The number of ether oxygens (including phenoxy) is 3. The number of hydrogen-bond donors (Lipinski definition) is 0. The van der Waals surface area contributed by atoms with Crippen molar-refractivity contribution in [2.45, 2.75) is 425 Å². The van der Waals surface area contributed by atoms with Gasteiger partial charge >= 0.3 is 17.9 Å². The molecular formula is C71H138O6. The Kier molecular flexibility index (Phi) is 65.5. The lowest BCUT2D eigenvalue weighted by Crippen LogP contribution is -2.30. The number of rotatable bonds is 67. The largest absolute Gasteiger partial charge is 0.462 e. The quantitative estimate of drug-likeness (QED) is 0.0343. The maximum Gasteiger partial charge on any atom is 0.306 e. The van der Waals surface area contributed by atoms with Crippen molar-refractivity contribution in [1.82, 2.24) is 0 Å². The minimum absolute atomic E-state index is 0.0606. The Morgan fingerprint density at radius 2 is 0.351 bits per heavy atom. The molecule has 0 fully saturated rings. The summed E-state index contributed by atoms with van der Waals surface area (Å²) in [5, 5.41) is 0. The van der Waals surface area contributed by atoms with Gasteiger partial charge in [0.1, 0.15) is 13.2 Å². The predicted molar refractivity (Wildman–Crippen MR) is 335 cm³/mol. The summed E-state index contributed by atoms with van der Waals surface area (Å²) in [5.74, 6) is -0.826. The molecule has 0 rings (SSSR count). The van der Waals surface area contributed by atoms with Gasteiger partial charge in [0, 0.05) is 19.3 Å². The molecule has 0 spiro atoms. The number of esters is 3. The van der Waals surface area contributed by atoms with Crippen LogP contribution in [0.15, 0.2) is 0 Å². The van der Waals surface area contributed by atoms with Gasteiger partial charge in [0.15, 0.2) is 6.10 Å². The summed E-state index contributed by atoms with van der Waals surface area (Å²) in [4.78, 5) is 38.3. The smallest absolute Gasteiger partial charge is 0.306 e. The van der Waals surface area contributed by atoms with E-state index in [1.165, 1.54) is 321 Å². The van der Waals surface area contributed by atoms with Crippen molar-refractivity contribution in [3.8, 4) is 0 Å². The van der Waals surface area contributed by atoms with Gasteiger partial charge < -0.3 is 14.2 Å². The van der Waals surface area contributed by atoms with Gasteiger partial charge in [0.2, 0.25) is 0 Å². The molecule has 0 N–H and O–H groups in total. The number of carbonyl (C=O) groups excluding carboxylic acids is 3. The van der Waals surface area contributed by atoms with E-state index in [0.717, 1.165) is 57.8 Å². The van der Waals surface area contributed by atoms with Crippen LogP contribution in [-0.4, -0.2) is 37.2 Å². The SMILES string of the molecule is CCCCCCCCCCCCCCCCCCCCCCCCCCCCCCCCCCC(=O)OCC(COC(=O)CCCCCCCCCCCCC)OC(=O)CCCCCCCCCCCCCCCCCC. The highest BCUT2D eigenvalue weighted by Crippen LogP contribution is 2.19. The van der Waals surface area contributed by atoms with Crippen molar-refractivity contribution in [3.05, 3.63) is 0 Å². The van der Waals surface area contributed by atoms with Crippen LogP contribution in [0, 0.1) is 0 Å². The minimum Gasteiger partial charge on any atom is -0.462 e. The van der Waals surface area contributed by atoms with Gasteiger partial charge in [0.05, 0.1) is 0 Å². The van der Waals surface area contributed by atoms with E-state index in [1.807, 2.05) is 0 Å². The first-order valence-corrected chi connectivity index (χ1v) is 35.5. The van der Waals surface area contributed by atoms with Crippen LogP contribution in [0.1, 0.15) is 419 Å². The molecule has 0 heterocycles. The van der Waals surface area contributed by atoms with Gasteiger partial charge in [-0.15, -0.1) is 0 Å². The average molecular weight is 1090 g/mol. The summed E-state index contributed by atoms with van der Waals surface area (Å²) in [7, 11) is 0. The fourth-order valence-corrected chi connectivity index (χ4v) is 11.3. The van der Waals surface area contributed by atoms with Crippen LogP contribution >= 0.6 is 0 Å². The molecule has 0 saturated heterocycles. The lowest BCUT2D eigenvalue weighted by molar-refractivity contribution is -0.167. The van der Waals surface area contributed by atoms with Crippen LogP contribution < -0.4 is 0 Å². The molecule has 77 heavy (non-hydrogen) atoms. The fourth-order valence-electron chi connectivity index (χ4n) is 11.3. The third-order valence-corrected chi connectivity index (χ3v) is 16.6. The molecule has 0 radical (unpaired) electrons. The van der Waals surface area contributed by atoms with Crippen LogP contribution in [0.3, 0.4) is 0 Å². The molecule has 0 aromatic carbocycles. The predicted octanol–water partition coefficient (Wildman–Crippen LogP) is 24.2. The van der Waals surface area contributed by atoms with E-state index in [-0.39, 0.29) is 31.1 Å². The van der Waals surface area contributed by atoms with E-state index < -0.39 is 6.10 Å². The van der Waals surface area contributed by atoms with Crippen LogP contribution in [0.4, 0.5) is 0 Å². The van der Waals surface area contributed by atoms with E-state index in [2.05, 4.69) is 20.8 Å². The highest BCUT2D eigenvalue weighted by molar-refractivity contribution is 5.71. The Morgan fingerprint density at radius 3 is 0.519 bits per heavy atom. The second-order valence-electron chi connectivity index (χ2n) is 24.5. The zero-order valence-corrected chi connectivity index (χ0v) is 52.8. The van der Waals surface area contributed by atoms with Gasteiger partial charge in [-0.3, -0.25) is 14.4 Å². The van der Waals surface area contributed by atoms with E-state index in [0.29, 0.717) is 19.3 Å². The molecule has 458 valence electrons. The fraction of sp³-hybridized carbons (Fsp3) is 0.958. The Hall–Kier alpha value is -1.59. The third-order valence-electron chi connectivity index (χ3n) is 16.6. The van der Waals surface area contributed by atoms with Gasteiger partial charge in [-0.2, -0.15) is 0 Å². The van der Waals surface area contributed by atoms with Crippen molar-refractivity contribution in [2.75, 3.05) is 13.2 Å². The van der Waals surface area contributed by atoms with E-state index in [4.69, 9.17) is 14.2 Å². The summed E-state index contributed by atoms with van der Waals surface area (Å²) in [6, 6.07) is 0. The molecule has 6 nitrogen and oxygen atoms in total. The summed E-state index contributed by atoms with van der Waals surface area (Å²) < 4.78 is 17.0. The number of unbranched alkanes of at least 4 members (excludes halogenated alkanes) is 56. The Morgan fingerprint density at radius 1 is 0.208 bits per heavy atom. The van der Waals surface area contributed by atoms with Crippen molar-refractivity contribution < 1.29 is 28.6 Å². The molecular weight excluding hydrogens is 949 g/mol. The Labute approximate surface area is 482 Å². The average Bonchev–Trinajstić information content (AvgIpc) is 3.43. The normalized spacial score (nSPS) is 11.9. The molecule has 6 heteroatoms. The second kappa shape index (κ2) is 66.9. The number of hydrogen-bond acceptors (Lipinski definition) is 6. The molecule has 0 aromatic rings. The van der Waals surface area contributed by atoms with Crippen LogP contribution in [-0.2, 0) is 28.6 Å². The van der Waals surface area contributed by atoms with Gasteiger partial charge in [-0.1, -0.05) is 380 Å². The first-order valence-electron chi connectivity index (χ1n) is 35.5. The van der Waals surface area contributed by atoms with Gasteiger partial charge in [-0.05, 0) is 19.3 Å². The summed E-state index contributed by atoms with van der Waals surface area (Å²) in [5.41, 5.74) is 0. The summed E-state index contributed by atoms with van der Waals surface area (Å²) in [6.45, 7) is 6.72. The second-order valence-corrected chi connectivity index (χ2v) is 24.5. The maximum atomic E-state index is 12.9. The molecule has 1 atom stereocenters. The molecule has 0 bridgehead atoms. The monoisotopic (exact) mass is 1090 g/mol. The van der Waals surface area contributed by atoms with Crippen LogP contribution in [0.2, 0.25) is 0 Å². The van der Waals surface area contributed by atoms with Crippen LogP contribution in [0.5, 0.6) is 0 Å². The zero-order valence-electron chi connectivity index (χ0n) is 52.8. The highest BCUT2D eigenvalue weighted by atomic mass is 16.6. The molecule has 0 aliphatic carbocycles. The zero-order chi connectivity index (χ0) is 55.7. The lowest BCUT2D eigenvalue weighted by atomic mass is 10.0. The van der Waals surface area contributed by atoms with Gasteiger partial charge in [-0.25, -0.2) is 0 Å².